The van der Waals surface area contributed by atoms with E-state index in [-0.39, 0.29) is 17.5 Å². The zero-order valence-electron chi connectivity index (χ0n) is 73.0. The predicted octanol–water partition coefficient (Wildman–Crippen LogP) is 24.2. The summed E-state index contributed by atoms with van der Waals surface area (Å²) in [4.78, 5) is 5.36. The van der Waals surface area contributed by atoms with Crippen LogP contribution < -0.4 is 67.7 Å². The number of rotatable bonds is 17. The molecule has 128 heavy (non-hydrogen) atoms. The van der Waals surface area contributed by atoms with Crippen LogP contribution in [0.15, 0.2) is 473 Å². The molecule has 0 atom stereocenters. The quantitative estimate of drug-likeness (QED) is 0.0665. The molecule has 20 aromatic rings. The van der Waals surface area contributed by atoms with Gasteiger partial charge in [0.25, 0.3) is 6.71 Å². The number of benzene rings is 19. The second-order valence-electron chi connectivity index (χ2n) is 36.6. The minimum atomic E-state index is -3.53. The van der Waals surface area contributed by atoms with E-state index < -0.39 is 16.1 Å². The smallest absolute Gasteiger partial charge is 0.252 e. The first kappa shape index (κ1) is 79.0. The molecule has 19 aromatic carbocycles. The Kier molecular flexibility index (Phi) is 19.9. The summed E-state index contributed by atoms with van der Waals surface area (Å²) >= 11 is 0. The minimum absolute atomic E-state index is 0.153. The van der Waals surface area contributed by atoms with E-state index in [1.54, 1.807) is 0 Å². The van der Waals surface area contributed by atoms with E-state index in [4.69, 9.17) is 0 Å². The Bertz CT molecular complexity index is 7220. The van der Waals surface area contributed by atoms with Crippen molar-refractivity contribution in [2.45, 2.75) is 52.4 Å². The molecule has 0 aliphatic carbocycles. The largest absolute Gasteiger partial charge is 0.311 e. The molecular weight excluding hydrogens is 1570 g/mol. The number of para-hydroxylation sites is 2. The average Bonchev–Trinajstić information content (AvgIpc) is 0.894. The summed E-state index contributed by atoms with van der Waals surface area (Å²) in [5.74, 6) is 0. The van der Waals surface area contributed by atoms with Crippen LogP contribution in [0.3, 0.4) is 0 Å². The van der Waals surface area contributed by atoms with Crippen molar-refractivity contribution in [3.8, 4) is 72.4 Å². The lowest BCUT2D eigenvalue weighted by Gasteiger charge is -2.45. The Balaban J connectivity index is 0.905. The normalized spacial score (nSPS) is 12.6. The average molecular weight is 1670 g/mol. The van der Waals surface area contributed by atoms with E-state index in [2.05, 4.69) is 529 Å². The highest BCUT2D eigenvalue weighted by atomic mass is 28.3. The molecule has 0 N–H and O–H groups in total. The molecule has 6 heteroatoms. The SMILES string of the molecule is CC(C)(C)c1ccc2c3ccc(C(C)(C)C)cc3n(-c3cc4c5c(c3)N(c3ccccc3-c3ccccc3)c3cc(-c6cc([Si](c7ccccc7)(c7ccccc7)c7cccc(-c8ccccc8)c7)cc([Si](c7ccccc7)(c7ccccc7)c7cccc(-c8ccccc8)c7)c6)ccc3B5c3ccc(-c5ccccc5)cc3N4c3ccccc3-c3ccccc3)c2c1. The second-order valence-corrected chi connectivity index (χ2v) is 44.3. The third-order valence-electron chi connectivity index (χ3n) is 27.1. The summed E-state index contributed by atoms with van der Waals surface area (Å²) < 4.78 is 2.63. The monoisotopic (exact) mass is 1670 g/mol. The number of anilines is 6. The van der Waals surface area contributed by atoms with E-state index in [1.807, 2.05) is 0 Å². The Morgan fingerprint density at radius 3 is 0.859 bits per heavy atom. The van der Waals surface area contributed by atoms with Crippen molar-refractivity contribution in [3.63, 3.8) is 0 Å². The van der Waals surface area contributed by atoms with E-state index in [9.17, 15) is 0 Å². The third kappa shape index (κ3) is 13.6. The van der Waals surface area contributed by atoms with Crippen LogP contribution in [0, 0.1) is 0 Å². The molecule has 2 aliphatic rings. The van der Waals surface area contributed by atoms with Gasteiger partial charge in [0, 0.05) is 44.6 Å². The first-order valence-electron chi connectivity index (χ1n) is 45.0. The molecule has 0 bridgehead atoms. The maximum Gasteiger partial charge on any atom is 0.252 e. The minimum Gasteiger partial charge on any atom is -0.311 e. The van der Waals surface area contributed by atoms with Crippen LogP contribution in [0.5, 0.6) is 0 Å². The maximum absolute atomic E-state index is 3.53. The van der Waals surface area contributed by atoms with Gasteiger partial charge >= 0.3 is 0 Å². The molecule has 610 valence electrons. The number of hydrogen-bond acceptors (Lipinski definition) is 2. The summed E-state index contributed by atoms with van der Waals surface area (Å²) in [6.45, 7) is 13.8. The van der Waals surface area contributed by atoms with Gasteiger partial charge in [0.15, 0.2) is 16.1 Å². The maximum atomic E-state index is 2.72. The second kappa shape index (κ2) is 32.2. The van der Waals surface area contributed by atoms with Gasteiger partial charge in [-0.15, -0.1) is 0 Å². The molecule has 0 saturated carbocycles. The van der Waals surface area contributed by atoms with E-state index in [0.29, 0.717) is 0 Å². The molecule has 3 nitrogen and oxygen atoms in total. The zero-order valence-corrected chi connectivity index (χ0v) is 75.0. The third-order valence-corrected chi connectivity index (χ3v) is 36.6. The highest BCUT2D eigenvalue weighted by Crippen LogP contribution is 2.51. The van der Waals surface area contributed by atoms with Crippen molar-refractivity contribution in [2.24, 2.45) is 0 Å². The van der Waals surface area contributed by atoms with E-state index in [0.717, 1.165) is 84.3 Å². The van der Waals surface area contributed by atoms with Gasteiger partial charge in [0.1, 0.15) is 0 Å². The summed E-state index contributed by atoms with van der Waals surface area (Å²) in [6, 6.07) is 182. The molecule has 3 heterocycles. The summed E-state index contributed by atoms with van der Waals surface area (Å²) in [5, 5.41) is 12.8. The van der Waals surface area contributed by atoms with Gasteiger partial charge in [-0.3, -0.25) is 0 Å². The van der Waals surface area contributed by atoms with Gasteiger partial charge in [-0.1, -0.05) is 466 Å². The van der Waals surface area contributed by atoms with Gasteiger partial charge in [0.2, 0.25) is 0 Å². The number of aromatic nitrogens is 1. The molecular formula is C122H96BN3Si2. The summed E-state index contributed by atoms with van der Waals surface area (Å²) in [5.41, 5.74) is 29.8. The molecule has 2 aliphatic heterocycles. The highest BCUT2D eigenvalue weighted by molar-refractivity contribution is 7.22. The van der Waals surface area contributed by atoms with Crippen LogP contribution in [-0.4, -0.2) is 27.4 Å². The fraction of sp³-hybridized carbons (Fsp3) is 0.0656. The van der Waals surface area contributed by atoms with Crippen LogP contribution in [0.1, 0.15) is 52.7 Å². The topological polar surface area (TPSA) is 11.4 Å². The van der Waals surface area contributed by atoms with Crippen molar-refractivity contribution >= 4 is 137 Å². The fourth-order valence-electron chi connectivity index (χ4n) is 21.0. The van der Waals surface area contributed by atoms with Gasteiger partial charge in [-0.05, 0) is 184 Å². The molecule has 1 aromatic heterocycles. The number of nitrogens with zero attached hydrogens (tertiary/aromatic N) is 3. The highest BCUT2D eigenvalue weighted by Gasteiger charge is 2.49. The van der Waals surface area contributed by atoms with Crippen molar-refractivity contribution in [3.05, 3.63) is 484 Å². The Morgan fingerprint density at radius 1 is 0.203 bits per heavy atom. The first-order valence-corrected chi connectivity index (χ1v) is 49.0. The van der Waals surface area contributed by atoms with Crippen molar-refractivity contribution in [1.82, 2.24) is 4.57 Å². The molecule has 0 fully saturated rings. The van der Waals surface area contributed by atoms with Gasteiger partial charge in [0.05, 0.1) is 28.1 Å². The standard InChI is InChI=1S/C122H96BN3Si2/c1-121(2,3)95-68-70-108-109-71-69-96(122(4,5)6)81-115(109)124(114(108)80-95)97-82-118-120-119(83-97)126(113-65-37-35-63-107(113)89-48-24-11-25-49-89)117-79-93(67-73-111(117)123(120)110-72-66-92(87-44-20-9-21-45-87)78-116(110)125(118)112-64-36-34-62-106(112)88-46-22-10-23-47-88)94-76-104(127(98-52-26-12-27-53-98,99-54-28-13-29-55-99)102-60-38-50-90(74-102)85-40-16-7-17-41-85)84-105(77-94)128(100-56-30-14-31-57-100,101-58-32-15-33-59-101)103-61-39-51-91(75-103)86-42-18-8-19-43-86/h7-84H,1-6H3. The van der Waals surface area contributed by atoms with Gasteiger partial charge < -0.3 is 14.4 Å². The Hall–Kier alpha value is -14.9. The predicted molar refractivity (Wildman–Crippen MR) is 552 cm³/mol. The lowest BCUT2D eigenvalue weighted by atomic mass is 9.33. The lowest BCUT2D eigenvalue weighted by molar-refractivity contribution is 0.591. The number of fused-ring (bicyclic) bond motifs is 7. The van der Waals surface area contributed by atoms with Crippen LogP contribution in [0.2, 0.25) is 0 Å². The van der Waals surface area contributed by atoms with E-state index in [1.165, 1.54) is 113 Å². The van der Waals surface area contributed by atoms with Crippen LogP contribution in [0.4, 0.5) is 34.1 Å². The van der Waals surface area contributed by atoms with Crippen molar-refractivity contribution in [2.75, 3.05) is 9.80 Å². The van der Waals surface area contributed by atoms with Crippen molar-refractivity contribution in [1.29, 1.82) is 0 Å². The Morgan fingerprint density at radius 2 is 0.500 bits per heavy atom. The van der Waals surface area contributed by atoms with Crippen LogP contribution in [-0.2, 0) is 10.8 Å². The van der Waals surface area contributed by atoms with Crippen LogP contribution >= 0.6 is 0 Å². The van der Waals surface area contributed by atoms with E-state index >= 15 is 0 Å². The zero-order chi connectivity index (χ0) is 86.2. The molecule has 0 spiro atoms. The molecule has 22 rings (SSSR count). The Labute approximate surface area is 754 Å². The molecule has 0 amide bonds. The van der Waals surface area contributed by atoms with Gasteiger partial charge in [-0.2, -0.15) is 0 Å². The fourth-order valence-corrected chi connectivity index (χ4v) is 30.8. The number of hydrogen-bond donors (Lipinski definition) is 0. The van der Waals surface area contributed by atoms with Crippen molar-refractivity contribution < 1.29 is 0 Å². The van der Waals surface area contributed by atoms with Crippen LogP contribution in [0.25, 0.3) is 94.3 Å². The lowest BCUT2D eigenvalue weighted by Crippen LogP contribution is -2.78. The molecule has 0 saturated heterocycles. The van der Waals surface area contributed by atoms with Gasteiger partial charge in [-0.25, -0.2) is 0 Å². The summed E-state index contributed by atoms with van der Waals surface area (Å²) in [6.07, 6.45) is 0. The molecule has 0 radical (unpaired) electrons. The first-order chi connectivity index (χ1) is 62.7. The summed E-state index contributed by atoms with van der Waals surface area (Å²) in [7, 11) is -7.07. The molecule has 0 unspecified atom stereocenters.